The molecule has 7 nitrogen and oxygen atoms in total. The van der Waals surface area contributed by atoms with Gasteiger partial charge >= 0.3 is 5.97 Å². The zero-order chi connectivity index (χ0) is 25.9. The fourth-order valence-electron chi connectivity index (χ4n) is 3.32. The van der Waals surface area contributed by atoms with Gasteiger partial charge in [-0.2, -0.15) is 5.10 Å². The number of carbonyl (C=O) groups is 2. The van der Waals surface area contributed by atoms with Crippen LogP contribution in [0.15, 0.2) is 77.9 Å². The molecule has 0 aliphatic heterocycles. The summed E-state index contributed by atoms with van der Waals surface area (Å²) in [6.07, 6.45) is 4.49. The van der Waals surface area contributed by atoms with E-state index in [2.05, 4.69) is 24.4 Å². The number of carbonyl (C=O) groups excluding carboxylic acids is 2. The van der Waals surface area contributed by atoms with Gasteiger partial charge in [-0.25, -0.2) is 10.2 Å². The van der Waals surface area contributed by atoms with Crippen LogP contribution in [-0.2, 0) is 9.59 Å². The van der Waals surface area contributed by atoms with Gasteiger partial charge in [-0.1, -0.05) is 56.3 Å². The van der Waals surface area contributed by atoms with Crippen LogP contribution < -0.4 is 19.6 Å². The van der Waals surface area contributed by atoms with Gasteiger partial charge in [0, 0.05) is 6.08 Å². The van der Waals surface area contributed by atoms with E-state index in [1.165, 1.54) is 19.4 Å². The summed E-state index contributed by atoms with van der Waals surface area (Å²) in [4.78, 5) is 24.4. The molecule has 0 saturated carbocycles. The van der Waals surface area contributed by atoms with Crippen LogP contribution in [0.25, 0.3) is 6.08 Å². The number of benzene rings is 3. The molecule has 0 aliphatic rings. The van der Waals surface area contributed by atoms with Crippen LogP contribution in [0, 0.1) is 6.92 Å². The van der Waals surface area contributed by atoms with Gasteiger partial charge in [-0.3, -0.25) is 4.79 Å². The Balaban J connectivity index is 1.55. The average Bonchev–Trinajstić information content (AvgIpc) is 2.87. The topological polar surface area (TPSA) is 86.2 Å². The number of ether oxygens (including phenoxy) is 3. The second-order valence-electron chi connectivity index (χ2n) is 8.35. The minimum Gasteiger partial charge on any atom is -0.493 e. The van der Waals surface area contributed by atoms with Gasteiger partial charge < -0.3 is 14.2 Å². The number of nitrogens with zero attached hydrogens (tertiary/aromatic N) is 1. The van der Waals surface area contributed by atoms with Crippen LogP contribution in [0.3, 0.4) is 0 Å². The SMILES string of the molecule is COc1cc(C=NNC(=O)COc2cc(C)ccc2C(C)C)ccc1OC(=O)C=Cc1ccccc1. The molecule has 36 heavy (non-hydrogen) atoms. The third-order valence-electron chi connectivity index (χ3n) is 5.16. The Morgan fingerprint density at radius 3 is 2.44 bits per heavy atom. The first-order valence-corrected chi connectivity index (χ1v) is 11.5. The predicted octanol–water partition coefficient (Wildman–Crippen LogP) is 5.27. The molecule has 186 valence electrons. The van der Waals surface area contributed by atoms with Crippen LogP contribution in [0.5, 0.6) is 17.2 Å². The van der Waals surface area contributed by atoms with E-state index in [1.807, 2.05) is 55.5 Å². The van der Waals surface area contributed by atoms with E-state index in [1.54, 1.807) is 24.3 Å². The molecule has 1 N–H and O–H groups in total. The van der Waals surface area contributed by atoms with E-state index in [-0.39, 0.29) is 24.2 Å². The lowest BCUT2D eigenvalue weighted by Crippen LogP contribution is -2.25. The largest absolute Gasteiger partial charge is 0.493 e. The van der Waals surface area contributed by atoms with E-state index >= 15 is 0 Å². The van der Waals surface area contributed by atoms with Gasteiger partial charge in [0.1, 0.15) is 5.75 Å². The fourth-order valence-corrected chi connectivity index (χ4v) is 3.32. The first-order valence-electron chi connectivity index (χ1n) is 11.5. The normalized spacial score (nSPS) is 11.1. The Bertz CT molecular complexity index is 1250. The molecule has 3 rings (SSSR count). The molecule has 0 unspecified atom stereocenters. The Morgan fingerprint density at radius 1 is 0.944 bits per heavy atom. The van der Waals surface area contributed by atoms with Crippen molar-refractivity contribution in [1.29, 1.82) is 0 Å². The number of esters is 1. The van der Waals surface area contributed by atoms with Crippen molar-refractivity contribution >= 4 is 24.2 Å². The summed E-state index contributed by atoms with van der Waals surface area (Å²) >= 11 is 0. The maximum atomic E-state index is 12.2. The zero-order valence-electron chi connectivity index (χ0n) is 20.9. The average molecular weight is 487 g/mol. The van der Waals surface area contributed by atoms with Crippen molar-refractivity contribution in [3.8, 4) is 17.2 Å². The van der Waals surface area contributed by atoms with E-state index in [9.17, 15) is 9.59 Å². The number of hydrogen-bond donors (Lipinski definition) is 1. The second-order valence-corrected chi connectivity index (χ2v) is 8.35. The first kappa shape index (κ1) is 26.2. The molecule has 0 aromatic heterocycles. The molecule has 0 atom stereocenters. The number of hydrogen-bond acceptors (Lipinski definition) is 6. The van der Waals surface area contributed by atoms with Gasteiger partial charge in [0.05, 0.1) is 13.3 Å². The van der Waals surface area contributed by atoms with Crippen LogP contribution in [0.4, 0.5) is 0 Å². The molecule has 0 heterocycles. The highest BCUT2D eigenvalue weighted by Crippen LogP contribution is 2.28. The van der Waals surface area contributed by atoms with E-state index < -0.39 is 5.97 Å². The van der Waals surface area contributed by atoms with E-state index in [4.69, 9.17) is 14.2 Å². The summed E-state index contributed by atoms with van der Waals surface area (Å²) in [5.41, 5.74) is 6.09. The Labute approximate surface area is 211 Å². The minimum absolute atomic E-state index is 0.158. The van der Waals surface area contributed by atoms with Gasteiger partial charge in [-0.15, -0.1) is 0 Å². The molecule has 0 spiro atoms. The smallest absolute Gasteiger partial charge is 0.336 e. The summed E-state index contributed by atoms with van der Waals surface area (Å²) in [5.74, 6) is 0.686. The molecular formula is C29H30N2O5. The van der Waals surface area contributed by atoms with Crippen LogP contribution in [0.2, 0.25) is 0 Å². The first-order chi connectivity index (χ1) is 17.4. The summed E-state index contributed by atoms with van der Waals surface area (Å²) in [7, 11) is 1.48. The van der Waals surface area contributed by atoms with Crippen molar-refractivity contribution in [3.63, 3.8) is 0 Å². The maximum absolute atomic E-state index is 12.2. The number of aryl methyl sites for hydroxylation is 1. The lowest BCUT2D eigenvalue weighted by molar-refractivity contribution is -0.129. The Hall–Kier alpha value is -4.39. The third-order valence-corrected chi connectivity index (χ3v) is 5.16. The van der Waals surface area contributed by atoms with Crippen LogP contribution >= 0.6 is 0 Å². The molecule has 0 fully saturated rings. The lowest BCUT2D eigenvalue weighted by Gasteiger charge is -2.14. The number of hydrazone groups is 1. The van der Waals surface area contributed by atoms with Crippen LogP contribution in [-0.4, -0.2) is 31.8 Å². The molecule has 3 aromatic rings. The number of nitrogens with one attached hydrogen (secondary N) is 1. The van der Waals surface area contributed by atoms with Crippen molar-refractivity contribution in [2.45, 2.75) is 26.7 Å². The highest BCUT2D eigenvalue weighted by atomic mass is 16.6. The standard InChI is InChI=1S/C29H30N2O5/c1-20(2)24-13-10-21(3)16-26(24)35-19-28(32)31-30-18-23-11-14-25(27(17-23)34-4)36-29(33)15-12-22-8-6-5-7-9-22/h5-18,20H,19H2,1-4H3,(H,31,32). The quantitative estimate of drug-likeness (QED) is 0.139. The third kappa shape index (κ3) is 7.84. The zero-order valence-corrected chi connectivity index (χ0v) is 20.9. The summed E-state index contributed by atoms with van der Waals surface area (Å²) < 4.78 is 16.4. The van der Waals surface area contributed by atoms with Crippen molar-refractivity contribution < 1.29 is 23.8 Å². The number of rotatable bonds is 10. The monoisotopic (exact) mass is 486 g/mol. The highest BCUT2D eigenvalue weighted by Gasteiger charge is 2.11. The maximum Gasteiger partial charge on any atom is 0.336 e. The summed E-state index contributed by atoms with van der Waals surface area (Å²) in [6.45, 7) is 5.96. The Morgan fingerprint density at radius 2 is 1.72 bits per heavy atom. The van der Waals surface area contributed by atoms with Crippen molar-refractivity contribution in [3.05, 3.63) is 95.1 Å². The predicted molar refractivity (Wildman–Crippen MR) is 141 cm³/mol. The van der Waals surface area contributed by atoms with Crippen molar-refractivity contribution in [2.24, 2.45) is 5.10 Å². The van der Waals surface area contributed by atoms with Gasteiger partial charge in [0.25, 0.3) is 5.91 Å². The molecule has 1 amide bonds. The highest BCUT2D eigenvalue weighted by molar-refractivity contribution is 5.89. The molecule has 0 bridgehead atoms. The van der Waals surface area contributed by atoms with E-state index in [0.29, 0.717) is 17.1 Å². The van der Waals surface area contributed by atoms with Crippen molar-refractivity contribution in [2.75, 3.05) is 13.7 Å². The van der Waals surface area contributed by atoms with Gasteiger partial charge in [0.2, 0.25) is 0 Å². The lowest BCUT2D eigenvalue weighted by atomic mass is 10.0. The fraction of sp³-hybridized carbons (Fsp3) is 0.207. The van der Waals surface area contributed by atoms with E-state index in [0.717, 1.165) is 16.7 Å². The molecule has 7 heteroatoms. The second kappa shape index (κ2) is 12.9. The number of methoxy groups -OCH3 is 1. The molecule has 3 aromatic carbocycles. The Kier molecular flexibility index (Phi) is 9.40. The summed E-state index contributed by atoms with van der Waals surface area (Å²) in [5, 5.41) is 3.98. The molecule has 0 saturated heterocycles. The molecule has 0 aliphatic carbocycles. The molecular weight excluding hydrogens is 456 g/mol. The van der Waals surface area contributed by atoms with Crippen molar-refractivity contribution in [1.82, 2.24) is 5.43 Å². The summed E-state index contributed by atoms with van der Waals surface area (Å²) in [6, 6.07) is 20.3. The van der Waals surface area contributed by atoms with Gasteiger partial charge in [-0.05, 0) is 65.4 Å². The number of amides is 1. The minimum atomic E-state index is -0.528. The molecule has 0 radical (unpaired) electrons. The van der Waals surface area contributed by atoms with Crippen LogP contribution in [0.1, 0.15) is 42.0 Å². The van der Waals surface area contributed by atoms with Gasteiger partial charge in [0.15, 0.2) is 18.1 Å².